The van der Waals surface area contributed by atoms with Gasteiger partial charge in [0.15, 0.2) is 0 Å². The van der Waals surface area contributed by atoms with Gasteiger partial charge in [0.25, 0.3) is 0 Å². The summed E-state index contributed by atoms with van der Waals surface area (Å²) in [4.78, 5) is 11.1. The molecule has 1 aromatic carbocycles. The fourth-order valence-electron chi connectivity index (χ4n) is 3.09. The predicted octanol–water partition coefficient (Wildman–Crippen LogP) is 1.46. The van der Waals surface area contributed by atoms with Gasteiger partial charge in [0, 0.05) is 34.3 Å². The molecule has 0 aromatic heterocycles. The Morgan fingerprint density at radius 2 is 2.25 bits per heavy atom. The second kappa shape index (κ2) is 5.35. The van der Waals surface area contributed by atoms with E-state index in [0.29, 0.717) is 11.5 Å². The van der Waals surface area contributed by atoms with Gasteiger partial charge in [-0.3, -0.25) is 4.79 Å². The molecule has 1 saturated heterocycles. The van der Waals surface area contributed by atoms with E-state index in [1.54, 1.807) is 12.1 Å². The second-order valence-electron chi connectivity index (χ2n) is 5.45. The van der Waals surface area contributed by atoms with E-state index in [9.17, 15) is 4.79 Å². The number of carbonyl (C=O) groups excluding carboxylic acids is 1. The highest BCUT2D eigenvalue weighted by Gasteiger charge is 2.50. The Kier molecular flexibility index (Phi) is 3.70. The summed E-state index contributed by atoms with van der Waals surface area (Å²) >= 11 is 3.45. The second-order valence-corrected chi connectivity index (χ2v) is 6.30. The quantitative estimate of drug-likeness (QED) is 0.777. The molecular weight excluding hydrogens is 322 g/mol. The van der Waals surface area contributed by atoms with E-state index in [2.05, 4.69) is 21.2 Å². The third-order valence-electron chi connectivity index (χ3n) is 4.25. The van der Waals surface area contributed by atoms with Gasteiger partial charge in [-0.05, 0) is 47.0 Å². The Morgan fingerprint density at radius 3 is 2.95 bits per heavy atom. The molecule has 1 aliphatic carbocycles. The van der Waals surface area contributed by atoms with Crippen LogP contribution in [0.15, 0.2) is 22.7 Å². The van der Waals surface area contributed by atoms with Crippen LogP contribution < -0.4 is 16.8 Å². The summed E-state index contributed by atoms with van der Waals surface area (Å²) in [7, 11) is 0. The number of anilines is 1. The van der Waals surface area contributed by atoms with Gasteiger partial charge in [-0.2, -0.15) is 0 Å². The Hall–Kier alpha value is -1.11. The average molecular weight is 340 g/mol. The Bertz CT molecular complexity index is 537. The molecule has 3 rings (SSSR count). The molecule has 6 heteroatoms. The van der Waals surface area contributed by atoms with E-state index in [0.717, 1.165) is 29.6 Å². The third kappa shape index (κ3) is 2.32. The Balaban J connectivity index is 1.73. The van der Waals surface area contributed by atoms with Crippen molar-refractivity contribution in [1.29, 1.82) is 0 Å². The van der Waals surface area contributed by atoms with Gasteiger partial charge in [0.2, 0.25) is 5.91 Å². The first-order valence-electron chi connectivity index (χ1n) is 6.81. The highest BCUT2D eigenvalue weighted by molar-refractivity contribution is 9.10. The lowest BCUT2D eigenvalue weighted by Crippen LogP contribution is -2.69. The molecule has 2 fully saturated rings. The van der Waals surface area contributed by atoms with Gasteiger partial charge < -0.3 is 21.5 Å². The van der Waals surface area contributed by atoms with E-state index in [4.69, 9.17) is 16.2 Å². The van der Waals surface area contributed by atoms with E-state index in [1.165, 1.54) is 0 Å². The first kappa shape index (κ1) is 13.9. The molecule has 1 aliphatic heterocycles. The summed E-state index contributed by atoms with van der Waals surface area (Å²) in [6, 6.07) is 5.50. The summed E-state index contributed by atoms with van der Waals surface area (Å²) in [5.41, 5.74) is 12.9. The topological polar surface area (TPSA) is 90.4 Å². The number of fused-ring (bicyclic) bond motifs is 1. The zero-order chi connectivity index (χ0) is 14.3. The number of hydrogen-bond donors (Lipinski definition) is 3. The molecule has 1 amide bonds. The summed E-state index contributed by atoms with van der Waals surface area (Å²) in [5, 5.41) is 3.41. The fraction of sp³-hybridized carbons (Fsp3) is 0.500. The van der Waals surface area contributed by atoms with Crippen LogP contribution in [0, 0.1) is 5.92 Å². The highest BCUT2D eigenvalue weighted by Crippen LogP contribution is 2.39. The smallest absolute Gasteiger partial charge is 0.248 e. The number of benzene rings is 1. The van der Waals surface area contributed by atoms with Crippen molar-refractivity contribution in [3.63, 3.8) is 0 Å². The van der Waals surface area contributed by atoms with Crippen molar-refractivity contribution in [1.82, 2.24) is 0 Å². The van der Waals surface area contributed by atoms with Crippen molar-refractivity contribution >= 4 is 27.5 Å². The number of nitrogens with two attached hydrogens (primary N) is 2. The molecule has 1 aromatic rings. The first-order chi connectivity index (χ1) is 9.58. The van der Waals surface area contributed by atoms with Crippen LogP contribution in [0.1, 0.15) is 23.2 Å². The van der Waals surface area contributed by atoms with Gasteiger partial charge in [0.1, 0.15) is 0 Å². The predicted molar refractivity (Wildman–Crippen MR) is 80.5 cm³/mol. The van der Waals surface area contributed by atoms with E-state index >= 15 is 0 Å². The van der Waals surface area contributed by atoms with Crippen LogP contribution in [0.3, 0.4) is 0 Å². The Labute approximate surface area is 126 Å². The van der Waals surface area contributed by atoms with Gasteiger partial charge in [0.05, 0.1) is 12.1 Å². The monoisotopic (exact) mass is 339 g/mol. The lowest BCUT2D eigenvalue weighted by Gasteiger charge is -2.52. The lowest BCUT2D eigenvalue weighted by atomic mass is 9.68. The van der Waals surface area contributed by atoms with Gasteiger partial charge in [-0.15, -0.1) is 0 Å². The first-order valence-corrected chi connectivity index (χ1v) is 7.60. The van der Waals surface area contributed by atoms with Crippen molar-refractivity contribution in [3.05, 3.63) is 28.2 Å². The maximum absolute atomic E-state index is 11.1. The standard InChI is InChI=1S/C14H18BrN3O2/c15-9-6-7(14(17)19)3-4-10(9)18-12-11(16)8-2-1-5-20-13(8)12/h3-4,6,8,11-13,18H,1-2,5,16H2,(H2,17,19). The molecule has 0 spiro atoms. The summed E-state index contributed by atoms with van der Waals surface area (Å²) in [6.07, 6.45) is 2.44. The SMILES string of the molecule is NC(=O)c1ccc(NC2C(N)C3CCCOC32)c(Br)c1. The molecule has 0 radical (unpaired) electrons. The zero-order valence-electron chi connectivity index (χ0n) is 11.0. The van der Waals surface area contributed by atoms with Crippen molar-refractivity contribution in [2.75, 3.05) is 11.9 Å². The number of rotatable bonds is 3. The maximum Gasteiger partial charge on any atom is 0.248 e. The number of primary amides is 1. The van der Waals surface area contributed by atoms with Crippen LogP contribution in [-0.2, 0) is 4.74 Å². The molecule has 0 bridgehead atoms. The summed E-state index contributed by atoms with van der Waals surface area (Å²) in [5.74, 6) is 0.0261. The van der Waals surface area contributed by atoms with E-state index in [1.807, 2.05) is 6.07 Å². The van der Waals surface area contributed by atoms with Crippen LogP contribution in [0.5, 0.6) is 0 Å². The third-order valence-corrected chi connectivity index (χ3v) is 4.91. The molecule has 108 valence electrons. The molecule has 5 N–H and O–H groups in total. The zero-order valence-corrected chi connectivity index (χ0v) is 12.6. The van der Waals surface area contributed by atoms with Gasteiger partial charge in [-0.1, -0.05) is 0 Å². The lowest BCUT2D eigenvalue weighted by molar-refractivity contribution is -0.104. The van der Waals surface area contributed by atoms with Crippen LogP contribution in [0.25, 0.3) is 0 Å². The van der Waals surface area contributed by atoms with Crippen LogP contribution >= 0.6 is 15.9 Å². The molecule has 4 unspecified atom stereocenters. The highest BCUT2D eigenvalue weighted by atomic mass is 79.9. The fourth-order valence-corrected chi connectivity index (χ4v) is 3.58. The number of amides is 1. The molecule has 20 heavy (non-hydrogen) atoms. The normalized spacial score (nSPS) is 32.1. The van der Waals surface area contributed by atoms with Gasteiger partial charge >= 0.3 is 0 Å². The van der Waals surface area contributed by atoms with Crippen molar-refractivity contribution < 1.29 is 9.53 Å². The minimum atomic E-state index is -0.437. The largest absolute Gasteiger partial charge is 0.377 e. The minimum absolute atomic E-state index is 0.114. The molecule has 1 saturated carbocycles. The summed E-state index contributed by atoms with van der Waals surface area (Å²) in [6.45, 7) is 0.813. The molecule has 5 nitrogen and oxygen atoms in total. The average Bonchev–Trinajstić information content (AvgIpc) is 2.45. The van der Waals surface area contributed by atoms with Crippen LogP contribution in [-0.4, -0.2) is 30.7 Å². The summed E-state index contributed by atoms with van der Waals surface area (Å²) < 4.78 is 6.61. The number of hydrogen-bond acceptors (Lipinski definition) is 4. The van der Waals surface area contributed by atoms with Crippen molar-refractivity contribution in [2.45, 2.75) is 31.0 Å². The maximum atomic E-state index is 11.1. The van der Waals surface area contributed by atoms with Crippen LogP contribution in [0.4, 0.5) is 5.69 Å². The molecule has 1 heterocycles. The number of halogens is 1. The van der Waals surface area contributed by atoms with Crippen molar-refractivity contribution in [2.24, 2.45) is 17.4 Å². The van der Waals surface area contributed by atoms with Crippen LogP contribution in [0.2, 0.25) is 0 Å². The number of carbonyl (C=O) groups is 1. The van der Waals surface area contributed by atoms with E-state index < -0.39 is 5.91 Å². The molecular formula is C14H18BrN3O2. The number of nitrogens with one attached hydrogen (secondary N) is 1. The van der Waals surface area contributed by atoms with Gasteiger partial charge in [-0.25, -0.2) is 0 Å². The molecule has 4 atom stereocenters. The minimum Gasteiger partial charge on any atom is -0.377 e. The molecule has 2 aliphatic rings. The Morgan fingerprint density at radius 1 is 1.45 bits per heavy atom. The number of ether oxygens (including phenoxy) is 1. The van der Waals surface area contributed by atoms with E-state index in [-0.39, 0.29) is 18.2 Å². The van der Waals surface area contributed by atoms with Crippen molar-refractivity contribution in [3.8, 4) is 0 Å².